The maximum atomic E-state index is 13.1. The van der Waals surface area contributed by atoms with Crippen LogP contribution in [0.2, 0.25) is 0 Å². The molecular weight excluding hydrogens is 513 g/mol. The molecule has 2 aromatic carbocycles. The third-order valence-corrected chi connectivity index (χ3v) is 7.41. The Labute approximate surface area is 218 Å². The number of nitrogens with two attached hydrogens (primary N) is 1. The summed E-state index contributed by atoms with van der Waals surface area (Å²) in [6, 6.07) is 14.0. The van der Waals surface area contributed by atoms with Crippen LogP contribution in [0.5, 0.6) is 0 Å². The van der Waals surface area contributed by atoms with Gasteiger partial charge in [0.15, 0.2) is 0 Å². The van der Waals surface area contributed by atoms with Crippen molar-refractivity contribution >= 4 is 57.4 Å². The quantitative estimate of drug-likeness (QED) is 0.410. The molecule has 4 rings (SSSR count). The zero-order chi connectivity index (χ0) is 23.3. The van der Waals surface area contributed by atoms with Crippen LogP contribution in [-0.4, -0.2) is 74.3 Å². The minimum atomic E-state index is -3.77. The molecule has 0 unspecified atom stereocenters. The molecular formula is C23H31Cl2N5O4S. The highest BCUT2D eigenvalue weighted by molar-refractivity contribution is 7.90. The van der Waals surface area contributed by atoms with Crippen molar-refractivity contribution in [2.24, 2.45) is 5.73 Å². The molecule has 0 saturated carbocycles. The number of hydrogen-bond donors (Lipinski definition) is 1. The van der Waals surface area contributed by atoms with Gasteiger partial charge in [-0.2, -0.15) is 17.6 Å². The average Bonchev–Trinajstić information content (AvgIpc) is 3.29. The number of nitrogens with zero attached hydrogens (tertiary/aromatic N) is 4. The Hall–Kier alpha value is -2.37. The molecule has 0 aliphatic carbocycles. The highest BCUT2D eigenvalue weighted by atomic mass is 35.5. The Balaban J connectivity index is 0.00000216. The summed E-state index contributed by atoms with van der Waals surface area (Å²) >= 11 is 0. The van der Waals surface area contributed by atoms with Gasteiger partial charge in [-0.25, -0.2) is 0 Å². The summed E-state index contributed by atoms with van der Waals surface area (Å²) in [6.07, 6.45) is 2.63. The lowest BCUT2D eigenvalue weighted by molar-refractivity contribution is -0.144. The Morgan fingerprint density at radius 1 is 1.00 bits per heavy atom. The first kappa shape index (κ1) is 28.9. The summed E-state index contributed by atoms with van der Waals surface area (Å²) < 4.78 is 32.5. The number of anilines is 1. The van der Waals surface area contributed by atoms with E-state index in [4.69, 9.17) is 10.5 Å². The molecule has 1 saturated heterocycles. The van der Waals surface area contributed by atoms with Crippen LogP contribution in [0.1, 0.15) is 12.8 Å². The van der Waals surface area contributed by atoms with E-state index in [2.05, 4.69) is 14.9 Å². The van der Waals surface area contributed by atoms with Gasteiger partial charge in [0.2, 0.25) is 0 Å². The van der Waals surface area contributed by atoms with Crippen LogP contribution in [-0.2, 0) is 19.6 Å². The Kier molecular flexibility index (Phi) is 10.8. The lowest BCUT2D eigenvalue weighted by Gasteiger charge is -2.36. The normalized spacial score (nSPS) is 14.3. The van der Waals surface area contributed by atoms with Gasteiger partial charge in [-0.1, -0.05) is 24.3 Å². The highest BCUT2D eigenvalue weighted by Crippen LogP contribution is 2.29. The molecule has 3 aromatic rings. The van der Waals surface area contributed by atoms with Crippen molar-refractivity contribution in [1.29, 1.82) is 0 Å². The van der Waals surface area contributed by atoms with Crippen LogP contribution < -0.4 is 10.6 Å². The zero-order valence-electron chi connectivity index (χ0n) is 19.3. The van der Waals surface area contributed by atoms with E-state index in [0.717, 1.165) is 41.3 Å². The smallest absolute Gasteiger partial charge is 0.305 e. The molecule has 0 atom stereocenters. The molecule has 12 heteroatoms. The molecule has 35 heavy (non-hydrogen) atoms. The van der Waals surface area contributed by atoms with Gasteiger partial charge in [0, 0.05) is 50.2 Å². The molecule has 0 radical (unpaired) electrons. The van der Waals surface area contributed by atoms with E-state index in [1.807, 2.05) is 12.1 Å². The number of rotatable bonds is 9. The number of carbonyl (C=O) groups is 1. The second-order valence-corrected chi connectivity index (χ2v) is 9.72. The van der Waals surface area contributed by atoms with Crippen LogP contribution in [0, 0.1) is 0 Å². The maximum absolute atomic E-state index is 13.1. The number of hydrogen-bond acceptors (Lipinski definition) is 8. The molecule has 0 bridgehead atoms. The largest absolute Gasteiger partial charge is 0.464 e. The number of carbonyl (C=O) groups excluding carboxylic acids is 1. The summed E-state index contributed by atoms with van der Waals surface area (Å²) in [4.78, 5) is 16.3. The first-order valence-electron chi connectivity index (χ1n) is 11.1. The molecule has 192 valence electrons. The number of halogens is 2. The fourth-order valence-electron chi connectivity index (χ4n) is 3.99. The monoisotopic (exact) mass is 543 g/mol. The van der Waals surface area contributed by atoms with Crippen molar-refractivity contribution < 1.29 is 17.9 Å². The van der Waals surface area contributed by atoms with Crippen molar-refractivity contribution in [3.8, 4) is 0 Å². The Morgan fingerprint density at radius 2 is 1.71 bits per heavy atom. The van der Waals surface area contributed by atoms with Gasteiger partial charge in [-0.3, -0.25) is 9.69 Å². The number of piperazine rings is 1. The first-order valence-corrected chi connectivity index (χ1v) is 12.5. The minimum absolute atomic E-state index is 0. The van der Waals surface area contributed by atoms with E-state index in [1.54, 1.807) is 42.6 Å². The summed E-state index contributed by atoms with van der Waals surface area (Å²) in [5.74, 6) is -0.201. The Morgan fingerprint density at radius 3 is 2.40 bits per heavy atom. The van der Waals surface area contributed by atoms with Gasteiger partial charge in [0.05, 0.1) is 16.6 Å². The van der Waals surface area contributed by atoms with E-state index in [1.165, 1.54) is 0 Å². The van der Waals surface area contributed by atoms with E-state index in [0.29, 0.717) is 38.1 Å². The second kappa shape index (κ2) is 13.1. The number of aromatic nitrogens is 2. The van der Waals surface area contributed by atoms with Crippen molar-refractivity contribution in [3.05, 3.63) is 54.7 Å². The van der Waals surface area contributed by atoms with Crippen molar-refractivity contribution in [2.75, 3.05) is 50.8 Å². The fraction of sp³-hybridized carbons (Fsp3) is 0.391. The zero-order valence-corrected chi connectivity index (χ0v) is 21.7. The van der Waals surface area contributed by atoms with E-state index >= 15 is 0 Å². The number of esters is 1. The van der Waals surface area contributed by atoms with Crippen LogP contribution in [0.4, 0.5) is 5.69 Å². The minimum Gasteiger partial charge on any atom is -0.464 e. The lowest BCUT2D eigenvalue weighted by atomic mass is 10.2. The molecule has 2 N–H and O–H groups in total. The predicted molar refractivity (Wildman–Crippen MR) is 141 cm³/mol. The molecule has 9 nitrogen and oxygen atoms in total. The molecule has 1 fully saturated rings. The highest BCUT2D eigenvalue weighted by Gasteiger charge is 2.24. The predicted octanol–water partition coefficient (Wildman–Crippen LogP) is 2.52. The fourth-order valence-corrected chi connectivity index (χ4v) is 5.28. The number of fused-ring (bicyclic) bond motifs is 1. The van der Waals surface area contributed by atoms with Gasteiger partial charge < -0.3 is 15.4 Å². The summed E-state index contributed by atoms with van der Waals surface area (Å²) in [5, 5.41) is 5.03. The van der Waals surface area contributed by atoms with Crippen molar-refractivity contribution in [1.82, 2.24) is 14.1 Å². The standard InChI is InChI=1S/C23H29N5O4S.2ClH/c24-11-5-10-23(29)32-17-16-26-12-14-27(15-13-26)21-8-4-9-22-20(21)18-25-28(22)33(30,31)19-6-2-1-3-7-19;;/h1-4,6-9,18H,5,10-17,24H2;2*1H. The van der Waals surface area contributed by atoms with Gasteiger partial charge in [-0.15, -0.1) is 24.8 Å². The maximum Gasteiger partial charge on any atom is 0.305 e. The van der Waals surface area contributed by atoms with Gasteiger partial charge in [0.25, 0.3) is 10.0 Å². The molecule has 1 aromatic heterocycles. The SMILES string of the molecule is Cl.Cl.NCCCC(=O)OCCN1CCN(c2cccc3c2cnn3S(=O)(=O)c2ccccc2)CC1. The Bertz CT molecular complexity index is 1200. The van der Waals surface area contributed by atoms with Crippen LogP contribution in [0.25, 0.3) is 10.9 Å². The van der Waals surface area contributed by atoms with E-state index < -0.39 is 10.0 Å². The first-order chi connectivity index (χ1) is 16.0. The van der Waals surface area contributed by atoms with Gasteiger partial charge in [-0.05, 0) is 37.2 Å². The molecule has 1 aliphatic rings. The molecule has 0 amide bonds. The lowest BCUT2D eigenvalue weighted by Crippen LogP contribution is -2.47. The van der Waals surface area contributed by atoms with E-state index in [-0.39, 0.29) is 35.7 Å². The third kappa shape index (κ3) is 6.65. The van der Waals surface area contributed by atoms with Gasteiger partial charge >= 0.3 is 5.97 Å². The third-order valence-electron chi connectivity index (χ3n) is 5.80. The van der Waals surface area contributed by atoms with Crippen molar-refractivity contribution in [2.45, 2.75) is 17.7 Å². The average molecular weight is 545 g/mol. The molecule has 1 aliphatic heterocycles. The van der Waals surface area contributed by atoms with Crippen LogP contribution in [0.3, 0.4) is 0 Å². The number of ether oxygens (including phenoxy) is 1. The van der Waals surface area contributed by atoms with Crippen molar-refractivity contribution in [3.63, 3.8) is 0 Å². The summed E-state index contributed by atoms with van der Waals surface area (Å²) in [6.45, 7) is 4.79. The van der Waals surface area contributed by atoms with Gasteiger partial charge in [0.1, 0.15) is 6.61 Å². The molecule has 0 spiro atoms. The van der Waals surface area contributed by atoms with E-state index in [9.17, 15) is 13.2 Å². The number of benzene rings is 2. The second-order valence-electron chi connectivity index (χ2n) is 7.96. The summed E-state index contributed by atoms with van der Waals surface area (Å²) in [5.41, 5.74) is 6.94. The topological polar surface area (TPSA) is 111 Å². The van der Waals surface area contributed by atoms with Crippen LogP contribution in [0.15, 0.2) is 59.6 Å². The van der Waals surface area contributed by atoms with Crippen LogP contribution >= 0.6 is 24.8 Å². The summed E-state index contributed by atoms with van der Waals surface area (Å²) in [7, 11) is -3.77. The molecule has 2 heterocycles.